The van der Waals surface area contributed by atoms with Gasteiger partial charge in [0.25, 0.3) is 0 Å². The van der Waals surface area contributed by atoms with E-state index in [1.54, 1.807) is 13.2 Å². The Morgan fingerprint density at radius 3 is 2.71 bits per heavy atom. The van der Waals surface area contributed by atoms with Crippen LogP contribution in [0.25, 0.3) is 0 Å². The average molecular weight is 233 g/mol. The summed E-state index contributed by atoms with van der Waals surface area (Å²) in [6, 6.07) is 10.2. The van der Waals surface area contributed by atoms with Crippen molar-refractivity contribution >= 4 is 0 Å². The Morgan fingerprint density at radius 2 is 2.06 bits per heavy atom. The van der Waals surface area contributed by atoms with E-state index in [1.165, 1.54) is 10.2 Å². The normalized spacial score (nSPS) is 10.7. The molecule has 1 aromatic heterocycles. The van der Waals surface area contributed by atoms with Crippen molar-refractivity contribution in [2.24, 2.45) is 7.05 Å². The maximum atomic E-state index is 13.4. The lowest BCUT2D eigenvalue weighted by Gasteiger charge is -2.03. The molecule has 4 heteroatoms. The monoisotopic (exact) mass is 233 g/mol. The minimum atomic E-state index is -0.266. The quantitative estimate of drug-likeness (QED) is 0.799. The van der Waals surface area contributed by atoms with Gasteiger partial charge in [0.2, 0.25) is 5.95 Å². The molecule has 1 heterocycles. The van der Waals surface area contributed by atoms with Gasteiger partial charge in [0.05, 0.1) is 6.20 Å². The maximum absolute atomic E-state index is 13.4. The van der Waals surface area contributed by atoms with Crippen molar-refractivity contribution in [2.45, 2.75) is 13.0 Å². The van der Waals surface area contributed by atoms with E-state index in [2.05, 4.69) is 22.5 Å². The van der Waals surface area contributed by atoms with Gasteiger partial charge in [-0.05, 0) is 18.5 Å². The highest BCUT2D eigenvalue weighted by Crippen LogP contribution is 2.04. The SMILES string of the molecule is Cn1ncc(CNCCc2ccccc2)c1F. The van der Waals surface area contributed by atoms with E-state index in [-0.39, 0.29) is 5.95 Å². The number of nitrogens with one attached hydrogen (secondary N) is 1. The first-order chi connectivity index (χ1) is 8.27. The molecule has 0 aliphatic rings. The number of aromatic nitrogens is 2. The van der Waals surface area contributed by atoms with Crippen LogP contribution in [0.4, 0.5) is 4.39 Å². The molecule has 0 unspecified atom stereocenters. The zero-order valence-corrected chi connectivity index (χ0v) is 9.86. The summed E-state index contributed by atoms with van der Waals surface area (Å²) in [4.78, 5) is 0. The van der Waals surface area contributed by atoms with Gasteiger partial charge in [0, 0.05) is 19.2 Å². The Morgan fingerprint density at radius 1 is 1.29 bits per heavy atom. The number of benzene rings is 1. The molecule has 2 rings (SSSR count). The van der Waals surface area contributed by atoms with Gasteiger partial charge in [-0.25, -0.2) is 4.68 Å². The van der Waals surface area contributed by atoms with Crippen molar-refractivity contribution < 1.29 is 4.39 Å². The second-order valence-corrected chi connectivity index (χ2v) is 4.00. The van der Waals surface area contributed by atoms with Crippen molar-refractivity contribution in [1.29, 1.82) is 0 Å². The Bertz CT molecular complexity index is 465. The van der Waals surface area contributed by atoms with Crippen molar-refractivity contribution in [3.63, 3.8) is 0 Å². The predicted molar refractivity (Wildman–Crippen MR) is 65.0 cm³/mol. The molecule has 0 aliphatic carbocycles. The number of rotatable bonds is 5. The molecule has 0 spiro atoms. The van der Waals surface area contributed by atoms with Gasteiger partial charge >= 0.3 is 0 Å². The lowest BCUT2D eigenvalue weighted by Crippen LogP contribution is -2.17. The zero-order chi connectivity index (χ0) is 12.1. The number of hydrogen-bond donors (Lipinski definition) is 1. The molecule has 3 nitrogen and oxygen atoms in total. The second-order valence-electron chi connectivity index (χ2n) is 4.00. The molecule has 0 saturated heterocycles. The number of hydrogen-bond acceptors (Lipinski definition) is 2. The molecule has 0 aliphatic heterocycles. The van der Waals surface area contributed by atoms with Crippen LogP contribution >= 0.6 is 0 Å². The van der Waals surface area contributed by atoms with Crippen molar-refractivity contribution in [2.75, 3.05) is 6.54 Å². The lowest BCUT2D eigenvalue weighted by atomic mass is 10.1. The van der Waals surface area contributed by atoms with Crippen LogP contribution in [0.1, 0.15) is 11.1 Å². The summed E-state index contributed by atoms with van der Waals surface area (Å²) < 4.78 is 14.6. The number of nitrogens with zero attached hydrogens (tertiary/aromatic N) is 2. The van der Waals surface area contributed by atoms with Crippen molar-refractivity contribution in [3.05, 3.63) is 53.6 Å². The number of aryl methyl sites for hydroxylation is 1. The Labute approximate surface area is 100 Å². The molecule has 0 radical (unpaired) electrons. The molecule has 17 heavy (non-hydrogen) atoms. The topological polar surface area (TPSA) is 29.9 Å². The van der Waals surface area contributed by atoms with Crippen molar-refractivity contribution in [1.82, 2.24) is 15.1 Å². The van der Waals surface area contributed by atoms with Gasteiger partial charge in [-0.2, -0.15) is 9.49 Å². The Balaban J connectivity index is 1.75. The van der Waals surface area contributed by atoms with E-state index < -0.39 is 0 Å². The molecule has 1 aromatic carbocycles. The molecule has 0 amide bonds. The first-order valence-corrected chi connectivity index (χ1v) is 5.68. The van der Waals surface area contributed by atoms with Gasteiger partial charge in [0.1, 0.15) is 0 Å². The first kappa shape index (κ1) is 11.8. The average Bonchev–Trinajstić information content (AvgIpc) is 2.67. The van der Waals surface area contributed by atoms with Gasteiger partial charge in [-0.3, -0.25) is 0 Å². The first-order valence-electron chi connectivity index (χ1n) is 5.68. The second kappa shape index (κ2) is 5.59. The van der Waals surface area contributed by atoms with Crippen molar-refractivity contribution in [3.8, 4) is 0 Å². The highest BCUT2D eigenvalue weighted by molar-refractivity contribution is 5.15. The summed E-state index contributed by atoms with van der Waals surface area (Å²) in [6.07, 6.45) is 2.51. The molecule has 90 valence electrons. The minimum absolute atomic E-state index is 0.266. The molecular weight excluding hydrogens is 217 g/mol. The van der Waals surface area contributed by atoms with E-state index in [1.807, 2.05) is 18.2 Å². The van der Waals surface area contributed by atoms with Gasteiger partial charge < -0.3 is 5.32 Å². The fourth-order valence-electron chi connectivity index (χ4n) is 1.69. The molecule has 0 atom stereocenters. The third-order valence-corrected chi connectivity index (χ3v) is 2.68. The summed E-state index contributed by atoms with van der Waals surface area (Å²) in [5, 5.41) is 7.07. The van der Waals surface area contributed by atoms with Gasteiger partial charge in [-0.15, -0.1) is 0 Å². The van der Waals surface area contributed by atoms with Crippen LogP contribution in [0.15, 0.2) is 36.5 Å². The highest BCUT2D eigenvalue weighted by atomic mass is 19.1. The van der Waals surface area contributed by atoms with Gasteiger partial charge in [-0.1, -0.05) is 30.3 Å². The van der Waals surface area contributed by atoms with E-state index in [9.17, 15) is 4.39 Å². The van der Waals surface area contributed by atoms with E-state index in [4.69, 9.17) is 0 Å². The smallest absolute Gasteiger partial charge is 0.215 e. The fourth-order valence-corrected chi connectivity index (χ4v) is 1.69. The molecule has 1 N–H and O–H groups in total. The standard InChI is InChI=1S/C13H16FN3/c1-17-13(14)12(10-16-17)9-15-8-7-11-5-3-2-4-6-11/h2-6,10,15H,7-9H2,1H3. The van der Waals surface area contributed by atoms with Crippen LogP contribution < -0.4 is 5.32 Å². The van der Waals surface area contributed by atoms with Crippen LogP contribution in [0.2, 0.25) is 0 Å². The Hall–Kier alpha value is -1.68. The summed E-state index contributed by atoms with van der Waals surface area (Å²) in [7, 11) is 1.60. The van der Waals surface area contributed by atoms with Crippen LogP contribution in [-0.2, 0) is 20.0 Å². The largest absolute Gasteiger partial charge is 0.312 e. The van der Waals surface area contributed by atoms with Crippen LogP contribution in [0, 0.1) is 5.95 Å². The fraction of sp³-hybridized carbons (Fsp3) is 0.308. The van der Waals surface area contributed by atoms with E-state index in [0.717, 1.165) is 13.0 Å². The zero-order valence-electron chi connectivity index (χ0n) is 9.86. The Kier molecular flexibility index (Phi) is 3.88. The highest BCUT2D eigenvalue weighted by Gasteiger charge is 2.06. The summed E-state index contributed by atoms with van der Waals surface area (Å²) >= 11 is 0. The minimum Gasteiger partial charge on any atom is -0.312 e. The molecule has 0 saturated carbocycles. The maximum Gasteiger partial charge on any atom is 0.215 e. The number of halogens is 1. The van der Waals surface area contributed by atoms with E-state index in [0.29, 0.717) is 12.1 Å². The summed E-state index contributed by atoms with van der Waals surface area (Å²) in [5.41, 5.74) is 1.90. The molecule has 0 fully saturated rings. The lowest BCUT2D eigenvalue weighted by molar-refractivity contribution is 0.490. The van der Waals surface area contributed by atoms with Crippen LogP contribution in [0.3, 0.4) is 0 Å². The predicted octanol–water partition coefficient (Wildman–Crippen LogP) is 1.89. The third kappa shape index (κ3) is 3.14. The summed E-state index contributed by atoms with van der Waals surface area (Å²) in [6.45, 7) is 1.35. The summed E-state index contributed by atoms with van der Waals surface area (Å²) in [5.74, 6) is -0.266. The van der Waals surface area contributed by atoms with Crippen LogP contribution in [-0.4, -0.2) is 16.3 Å². The van der Waals surface area contributed by atoms with Crippen LogP contribution in [0.5, 0.6) is 0 Å². The third-order valence-electron chi connectivity index (χ3n) is 2.68. The van der Waals surface area contributed by atoms with E-state index >= 15 is 0 Å². The van der Waals surface area contributed by atoms with Gasteiger partial charge in [0.15, 0.2) is 0 Å². The molecule has 2 aromatic rings. The molecular formula is C13H16FN3. The molecule has 0 bridgehead atoms.